The zero-order valence-corrected chi connectivity index (χ0v) is 10.5. The van der Waals surface area contributed by atoms with Gasteiger partial charge in [0.2, 0.25) is 0 Å². The number of nitrogens with zero attached hydrogens (tertiary/aromatic N) is 1. The van der Waals surface area contributed by atoms with Crippen molar-refractivity contribution in [2.24, 2.45) is 0 Å². The quantitative estimate of drug-likeness (QED) is 0.681. The maximum Gasteiger partial charge on any atom is 0.573 e. The normalized spacial score (nSPS) is 11.2. The van der Waals surface area contributed by atoms with Crippen LogP contribution in [-0.2, 0) is 10.1 Å². The van der Waals surface area contributed by atoms with E-state index in [1.807, 2.05) is 0 Å². The van der Waals surface area contributed by atoms with Crippen LogP contribution in [0.1, 0.15) is 16.1 Å². The molecule has 18 heavy (non-hydrogen) atoms. The van der Waals surface area contributed by atoms with E-state index in [1.165, 1.54) is 0 Å². The molecule has 1 heterocycles. The van der Waals surface area contributed by atoms with Gasteiger partial charge in [-0.25, -0.2) is 4.79 Å². The van der Waals surface area contributed by atoms with E-state index in [2.05, 4.69) is 30.4 Å². The fourth-order valence-electron chi connectivity index (χ4n) is 1.15. The lowest BCUT2D eigenvalue weighted by molar-refractivity contribution is -0.275. The van der Waals surface area contributed by atoms with E-state index in [-0.39, 0.29) is 11.0 Å². The van der Waals surface area contributed by atoms with Gasteiger partial charge in [0.15, 0.2) is 11.5 Å². The van der Waals surface area contributed by atoms with E-state index in [0.29, 0.717) is 0 Å². The number of hydrogen-bond acceptors (Lipinski definition) is 5. The second-order valence-corrected chi connectivity index (χ2v) is 3.53. The standard InChI is InChI=1S/C9H7BrF3NO4/c1-17-8(16)6-4(2-10)14-3-5(15)7(6)18-9(11,12)13/h3,15H,2H2,1H3. The highest BCUT2D eigenvalue weighted by atomic mass is 79.9. The van der Waals surface area contributed by atoms with Crippen molar-refractivity contribution in [3.63, 3.8) is 0 Å². The molecule has 0 aliphatic rings. The number of methoxy groups -OCH3 is 1. The summed E-state index contributed by atoms with van der Waals surface area (Å²) in [5.74, 6) is -3.02. The van der Waals surface area contributed by atoms with Crippen molar-refractivity contribution in [1.82, 2.24) is 4.98 Å². The van der Waals surface area contributed by atoms with Crippen LogP contribution < -0.4 is 4.74 Å². The zero-order valence-electron chi connectivity index (χ0n) is 8.92. The summed E-state index contributed by atoms with van der Waals surface area (Å²) in [5.41, 5.74) is -0.620. The van der Waals surface area contributed by atoms with Crippen molar-refractivity contribution >= 4 is 21.9 Å². The topological polar surface area (TPSA) is 68.7 Å². The van der Waals surface area contributed by atoms with Crippen LogP contribution in [-0.4, -0.2) is 29.5 Å². The fraction of sp³-hybridized carbons (Fsp3) is 0.333. The summed E-state index contributed by atoms with van der Waals surface area (Å²) in [6, 6.07) is 0. The Labute approximate surface area is 108 Å². The summed E-state index contributed by atoms with van der Waals surface area (Å²) < 4.78 is 44.5. The van der Waals surface area contributed by atoms with Gasteiger partial charge in [0.25, 0.3) is 0 Å². The molecule has 0 unspecified atom stereocenters. The molecule has 0 amide bonds. The number of esters is 1. The summed E-state index contributed by atoms with van der Waals surface area (Å²) >= 11 is 2.96. The third-order valence-electron chi connectivity index (χ3n) is 1.82. The summed E-state index contributed by atoms with van der Waals surface area (Å²) in [4.78, 5) is 15.0. The van der Waals surface area contributed by atoms with Gasteiger partial charge < -0.3 is 14.6 Å². The molecular weight excluding hydrogens is 323 g/mol. The molecule has 0 radical (unpaired) electrons. The Kier molecular flexibility index (Phi) is 4.38. The van der Waals surface area contributed by atoms with Crippen molar-refractivity contribution in [1.29, 1.82) is 0 Å². The molecule has 0 bridgehead atoms. The van der Waals surface area contributed by atoms with Gasteiger partial charge in [-0.1, -0.05) is 15.9 Å². The van der Waals surface area contributed by atoms with Gasteiger partial charge in [0.1, 0.15) is 5.56 Å². The van der Waals surface area contributed by atoms with Gasteiger partial charge >= 0.3 is 12.3 Å². The molecule has 9 heteroatoms. The van der Waals surface area contributed by atoms with E-state index in [1.54, 1.807) is 0 Å². The Bertz CT molecular complexity index is 464. The van der Waals surface area contributed by atoms with Crippen LogP contribution >= 0.6 is 15.9 Å². The molecule has 1 rings (SSSR count). The van der Waals surface area contributed by atoms with Crippen LogP contribution in [0.4, 0.5) is 13.2 Å². The number of pyridine rings is 1. The number of carbonyl (C=O) groups excluding carboxylic acids is 1. The second kappa shape index (κ2) is 5.42. The maximum atomic E-state index is 12.2. The van der Waals surface area contributed by atoms with E-state index in [4.69, 9.17) is 0 Å². The van der Waals surface area contributed by atoms with Crippen LogP contribution in [0, 0.1) is 0 Å². The van der Waals surface area contributed by atoms with Gasteiger partial charge in [-0.2, -0.15) is 0 Å². The van der Waals surface area contributed by atoms with Crippen molar-refractivity contribution in [3.8, 4) is 11.5 Å². The molecule has 0 aliphatic heterocycles. The number of halogens is 4. The Hall–Kier alpha value is -1.51. The molecule has 0 aliphatic carbocycles. The first-order valence-corrected chi connectivity index (χ1v) is 5.53. The first-order chi connectivity index (χ1) is 8.30. The molecule has 0 saturated heterocycles. The summed E-state index contributed by atoms with van der Waals surface area (Å²) in [7, 11) is 0.988. The Morgan fingerprint density at radius 3 is 2.61 bits per heavy atom. The van der Waals surface area contributed by atoms with E-state index >= 15 is 0 Å². The molecule has 1 aromatic heterocycles. The van der Waals surface area contributed by atoms with Gasteiger partial charge in [0.05, 0.1) is 19.0 Å². The first kappa shape index (κ1) is 14.6. The van der Waals surface area contributed by atoms with E-state index in [9.17, 15) is 23.1 Å². The van der Waals surface area contributed by atoms with Crippen molar-refractivity contribution < 1.29 is 32.5 Å². The lowest BCUT2D eigenvalue weighted by atomic mass is 10.2. The largest absolute Gasteiger partial charge is 0.573 e. The minimum Gasteiger partial charge on any atom is -0.503 e. The molecular formula is C9H7BrF3NO4. The molecule has 0 saturated carbocycles. The van der Waals surface area contributed by atoms with Crippen LogP contribution in [0.15, 0.2) is 6.20 Å². The first-order valence-electron chi connectivity index (χ1n) is 4.41. The van der Waals surface area contributed by atoms with Crippen LogP contribution in [0.3, 0.4) is 0 Å². The molecule has 0 atom stereocenters. The predicted octanol–water partition coefficient (Wildman–Crippen LogP) is 2.37. The number of alkyl halides is 4. The average molecular weight is 330 g/mol. The smallest absolute Gasteiger partial charge is 0.503 e. The molecule has 0 spiro atoms. The van der Waals surface area contributed by atoms with E-state index < -0.39 is 29.4 Å². The number of carbonyl (C=O) groups is 1. The number of aromatic hydroxyl groups is 1. The maximum absolute atomic E-state index is 12.2. The summed E-state index contributed by atoms with van der Waals surface area (Å²) in [6.07, 6.45) is -4.30. The van der Waals surface area contributed by atoms with Crippen molar-refractivity contribution in [2.45, 2.75) is 11.7 Å². The lowest BCUT2D eigenvalue weighted by Gasteiger charge is -2.15. The van der Waals surface area contributed by atoms with Gasteiger partial charge in [-0.3, -0.25) is 4.98 Å². The Morgan fingerprint density at radius 2 is 2.17 bits per heavy atom. The minimum absolute atomic E-state index is 0.00801. The fourth-order valence-corrected chi connectivity index (χ4v) is 1.58. The molecule has 1 aromatic rings. The second-order valence-electron chi connectivity index (χ2n) is 2.97. The highest BCUT2D eigenvalue weighted by Gasteiger charge is 2.36. The minimum atomic E-state index is -5.05. The molecule has 0 aromatic carbocycles. The number of rotatable bonds is 3. The highest BCUT2D eigenvalue weighted by molar-refractivity contribution is 9.08. The SMILES string of the molecule is COC(=O)c1c(CBr)ncc(O)c1OC(F)(F)F. The number of ether oxygens (including phenoxy) is 2. The molecule has 5 nitrogen and oxygen atoms in total. The molecule has 0 fully saturated rings. The zero-order chi connectivity index (χ0) is 13.9. The Balaban J connectivity index is 3.41. The van der Waals surface area contributed by atoms with Gasteiger partial charge in [-0.05, 0) is 0 Å². The van der Waals surface area contributed by atoms with E-state index in [0.717, 1.165) is 13.3 Å². The van der Waals surface area contributed by atoms with Gasteiger partial charge in [0, 0.05) is 5.33 Å². The van der Waals surface area contributed by atoms with Gasteiger partial charge in [-0.15, -0.1) is 13.2 Å². The van der Waals surface area contributed by atoms with Crippen LogP contribution in [0.5, 0.6) is 11.5 Å². The average Bonchev–Trinajstić information content (AvgIpc) is 2.29. The Morgan fingerprint density at radius 1 is 1.56 bits per heavy atom. The third-order valence-corrected chi connectivity index (χ3v) is 2.36. The summed E-state index contributed by atoms with van der Waals surface area (Å²) in [6.45, 7) is 0. The van der Waals surface area contributed by atoms with Crippen LogP contribution in [0.2, 0.25) is 0 Å². The monoisotopic (exact) mass is 329 g/mol. The van der Waals surface area contributed by atoms with Crippen molar-refractivity contribution in [3.05, 3.63) is 17.5 Å². The lowest BCUT2D eigenvalue weighted by Crippen LogP contribution is -2.20. The van der Waals surface area contributed by atoms with Crippen LogP contribution in [0.25, 0.3) is 0 Å². The highest BCUT2D eigenvalue weighted by Crippen LogP contribution is 2.36. The number of aromatic nitrogens is 1. The number of hydrogen-bond donors (Lipinski definition) is 1. The summed E-state index contributed by atoms with van der Waals surface area (Å²) in [5, 5.41) is 9.30. The van der Waals surface area contributed by atoms with Crippen molar-refractivity contribution in [2.75, 3.05) is 7.11 Å². The molecule has 1 N–H and O–H groups in total. The third kappa shape index (κ3) is 3.25. The predicted molar refractivity (Wildman–Crippen MR) is 56.6 cm³/mol. The molecule has 100 valence electrons.